The molecule has 6 heteroatoms. The van der Waals surface area contributed by atoms with Crippen LogP contribution in [0.5, 0.6) is 0 Å². The maximum atomic E-state index is 11.7. The van der Waals surface area contributed by atoms with Crippen molar-refractivity contribution in [1.29, 1.82) is 0 Å². The van der Waals surface area contributed by atoms with Crippen molar-refractivity contribution in [1.82, 2.24) is 19.2 Å². The SMILES string of the molecule is Cc1nnc2c(=O)n(CCN)ccn12. The van der Waals surface area contributed by atoms with Gasteiger partial charge in [-0.3, -0.25) is 9.20 Å². The maximum Gasteiger partial charge on any atom is 0.296 e. The van der Waals surface area contributed by atoms with Crippen LogP contribution >= 0.6 is 0 Å². The summed E-state index contributed by atoms with van der Waals surface area (Å²) in [6.07, 6.45) is 3.46. The van der Waals surface area contributed by atoms with E-state index in [4.69, 9.17) is 5.73 Å². The molecule has 74 valence electrons. The first-order valence-corrected chi connectivity index (χ1v) is 4.35. The van der Waals surface area contributed by atoms with Crippen molar-refractivity contribution in [3.8, 4) is 0 Å². The molecule has 0 aromatic carbocycles. The van der Waals surface area contributed by atoms with Gasteiger partial charge in [-0.2, -0.15) is 0 Å². The minimum Gasteiger partial charge on any atom is -0.329 e. The molecular weight excluding hydrogens is 182 g/mol. The highest BCUT2D eigenvalue weighted by atomic mass is 16.1. The van der Waals surface area contributed by atoms with Crippen molar-refractivity contribution < 1.29 is 0 Å². The molecule has 0 aliphatic rings. The molecule has 0 radical (unpaired) electrons. The van der Waals surface area contributed by atoms with Crippen molar-refractivity contribution in [2.45, 2.75) is 13.5 Å². The summed E-state index contributed by atoms with van der Waals surface area (Å²) < 4.78 is 3.19. The Morgan fingerprint density at radius 1 is 1.43 bits per heavy atom. The quantitative estimate of drug-likeness (QED) is 0.674. The van der Waals surface area contributed by atoms with Gasteiger partial charge in [0.15, 0.2) is 0 Å². The minimum absolute atomic E-state index is 0.154. The van der Waals surface area contributed by atoms with E-state index in [0.29, 0.717) is 24.6 Å². The van der Waals surface area contributed by atoms with Gasteiger partial charge in [0, 0.05) is 25.5 Å². The molecule has 0 unspecified atom stereocenters. The Kier molecular flexibility index (Phi) is 2.05. The van der Waals surface area contributed by atoms with Crippen LogP contribution in [0.4, 0.5) is 0 Å². The zero-order valence-corrected chi connectivity index (χ0v) is 7.84. The smallest absolute Gasteiger partial charge is 0.296 e. The Morgan fingerprint density at radius 2 is 2.21 bits per heavy atom. The van der Waals surface area contributed by atoms with E-state index < -0.39 is 0 Å². The van der Waals surface area contributed by atoms with Crippen molar-refractivity contribution >= 4 is 5.65 Å². The molecule has 0 amide bonds. The summed E-state index contributed by atoms with van der Waals surface area (Å²) in [7, 11) is 0. The van der Waals surface area contributed by atoms with E-state index in [1.807, 2.05) is 0 Å². The van der Waals surface area contributed by atoms with Crippen LogP contribution in [0.1, 0.15) is 5.82 Å². The summed E-state index contributed by atoms with van der Waals surface area (Å²) in [6, 6.07) is 0. The molecule has 2 aromatic heterocycles. The van der Waals surface area contributed by atoms with Crippen LogP contribution in [0.3, 0.4) is 0 Å². The maximum absolute atomic E-state index is 11.7. The van der Waals surface area contributed by atoms with Gasteiger partial charge < -0.3 is 10.3 Å². The number of nitrogens with two attached hydrogens (primary N) is 1. The zero-order valence-electron chi connectivity index (χ0n) is 7.84. The Bertz CT molecular complexity index is 512. The standard InChI is InChI=1S/C8H11N5O/c1-6-10-11-7-8(14)12(3-2-9)4-5-13(6)7/h4-5H,2-3,9H2,1H3. The van der Waals surface area contributed by atoms with Crippen molar-refractivity contribution in [2.24, 2.45) is 5.73 Å². The van der Waals surface area contributed by atoms with E-state index >= 15 is 0 Å². The van der Waals surface area contributed by atoms with Crippen molar-refractivity contribution in [3.05, 3.63) is 28.6 Å². The Balaban J connectivity index is 2.70. The molecule has 6 nitrogen and oxygen atoms in total. The largest absolute Gasteiger partial charge is 0.329 e. The molecule has 14 heavy (non-hydrogen) atoms. The second-order valence-corrected chi connectivity index (χ2v) is 3.03. The first-order valence-electron chi connectivity index (χ1n) is 4.35. The molecule has 0 atom stereocenters. The monoisotopic (exact) mass is 193 g/mol. The molecule has 0 fully saturated rings. The summed E-state index contributed by atoms with van der Waals surface area (Å²) in [6.45, 7) is 2.73. The van der Waals surface area contributed by atoms with Crippen LogP contribution in [0.15, 0.2) is 17.2 Å². The first-order chi connectivity index (χ1) is 6.74. The number of aryl methyl sites for hydroxylation is 1. The van der Waals surface area contributed by atoms with Gasteiger partial charge in [0.1, 0.15) is 5.82 Å². The highest BCUT2D eigenvalue weighted by Crippen LogP contribution is 1.96. The van der Waals surface area contributed by atoms with E-state index in [1.165, 1.54) is 4.57 Å². The molecule has 0 aliphatic heterocycles. The Hall–Kier alpha value is -1.69. The summed E-state index contributed by atoms with van der Waals surface area (Å²) in [4.78, 5) is 11.7. The lowest BCUT2D eigenvalue weighted by Crippen LogP contribution is -2.25. The number of hydrogen-bond donors (Lipinski definition) is 1. The zero-order chi connectivity index (χ0) is 10.1. The highest BCUT2D eigenvalue weighted by Gasteiger charge is 2.06. The fourth-order valence-corrected chi connectivity index (χ4v) is 1.35. The van der Waals surface area contributed by atoms with Gasteiger partial charge in [-0.1, -0.05) is 0 Å². The lowest BCUT2D eigenvalue weighted by atomic mass is 10.5. The third-order valence-corrected chi connectivity index (χ3v) is 2.08. The molecule has 0 aliphatic carbocycles. The third kappa shape index (κ3) is 1.20. The summed E-state index contributed by atoms with van der Waals surface area (Å²) in [5.41, 5.74) is 5.57. The molecule has 0 spiro atoms. The van der Waals surface area contributed by atoms with E-state index in [9.17, 15) is 4.79 Å². The van der Waals surface area contributed by atoms with Gasteiger partial charge in [-0.05, 0) is 6.92 Å². The van der Waals surface area contributed by atoms with E-state index in [-0.39, 0.29) is 5.56 Å². The number of fused-ring (bicyclic) bond motifs is 1. The number of nitrogens with zero attached hydrogens (tertiary/aromatic N) is 4. The van der Waals surface area contributed by atoms with Gasteiger partial charge in [-0.15, -0.1) is 10.2 Å². The first kappa shape index (κ1) is 8.89. The van der Waals surface area contributed by atoms with Gasteiger partial charge in [0.2, 0.25) is 5.65 Å². The fourth-order valence-electron chi connectivity index (χ4n) is 1.35. The van der Waals surface area contributed by atoms with Crippen LogP contribution in [-0.4, -0.2) is 25.7 Å². The second kappa shape index (κ2) is 3.22. The highest BCUT2D eigenvalue weighted by molar-refractivity contribution is 5.34. The molecule has 0 bridgehead atoms. The predicted molar refractivity (Wildman–Crippen MR) is 51.0 cm³/mol. The van der Waals surface area contributed by atoms with Crippen LogP contribution in [-0.2, 0) is 6.54 Å². The van der Waals surface area contributed by atoms with E-state index in [1.54, 1.807) is 23.7 Å². The lowest BCUT2D eigenvalue weighted by Gasteiger charge is -2.02. The average Bonchev–Trinajstić information content (AvgIpc) is 2.54. The van der Waals surface area contributed by atoms with Crippen molar-refractivity contribution in [2.75, 3.05) is 6.54 Å². The number of rotatable bonds is 2. The third-order valence-electron chi connectivity index (χ3n) is 2.08. The number of hydrogen-bond acceptors (Lipinski definition) is 4. The lowest BCUT2D eigenvalue weighted by molar-refractivity contribution is 0.675. The number of aromatic nitrogens is 4. The molecule has 2 heterocycles. The predicted octanol–water partition coefficient (Wildman–Crippen LogP) is -0.842. The van der Waals surface area contributed by atoms with E-state index in [2.05, 4.69) is 10.2 Å². The van der Waals surface area contributed by atoms with Crippen LogP contribution in [0, 0.1) is 6.92 Å². The molecule has 2 aromatic rings. The fraction of sp³-hybridized carbons (Fsp3) is 0.375. The van der Waals surface area contributed by atoms with Crippen molar-refractivity contribution in [3.63, 3.8) is 0 Å². The summed E-state index contributed by atoms with van der Waals surface area (Å²) >= 11 is 0. The van der Waals surface area contributed by atoms with E-state index in [0.717, 1.165) is 0 Å². The summed E-state index contributed by atoms with van der Waals surface area (Å²) in [5, 5.41) is 7.63. The minimum atomic E-state index is -0.154. The average molecular weight is 193 g/mol. The van der Waals surface area contributed by atoms with Crippen LogP contribution in [0.2, 0.25) is 0 Å². The van der Waals surface area contributed by atoms with Crippen LogP contribution in [0.25, 0.3) is 5.65 Å². The van der Waals surface area contributed by atoms with Crippen LogP contribution < -0.4 is 11.3 Å². The van der Waals surface area contributed by atoms with Gasteiger partial charge in [0.05, 0.1) is 0 Å². The second-order valence-electron chi connectivity index (χ2n) is 3.03. The Labute approximate surface area is 80.0 Å². The van der Waals surface area contributed by atoms with Gasteiger partial charge in [0.25, 0.3) is 5.56 Å². The molecule has 0 saturated heterocycles. The molecular formula is C8H11N5O. The Morgan fingerprint density at radius 3 is 2.93 bits per heavy atom. The van der Waals surface area contributed by atoms with Gasteiger partial charge >= 0.3 is 0 Å². The molecule has 2 N–H and O–H groups in total. The molecule has 2 rings (SSSR count). The van der Waals surface area contributed by atoms with Gasteiger partial charge in [-0.25, -0.2) is 0 Å². The topological polar surface area (TPSA) is 78.2 Å². The normalized spacial score (nSPS) is 11.0. The molecule has 0 saturated carbocycles. The summed E-state index contributed by atoms with van der Waals surface area (Å²) in [5.74, 6) is 0.706.